The lowest BCUT2D eigenvalue weighted by molar-refractivity contribution is -0.148. The first kappa shape index (κ1) is 40.6. The Labute approximate surface area is 331 Å². The molecular formula is C44H61N3O8S. The number of hydrogen-bond acceptors (Lipinski definition) is 7. The van der Waals surface area contributed by atoms with Gasteiger partial charge in [0.25, 0.3) is 10.0 Å². The highest BCUT2D eigenvalue weighted by Gasteiger charge is 2.85. The van der Waals surface area contributed by atoms with E-state index in [0.717, 1.165) is 51.4 Å². The second-order valence-corrected chi connectivity index (χ2v) is 21.4. The number of carbonyl (C=O) groups excluding carboxylic acids is 4. The molecule has 5 fully saturated rings. The number of benzene rings is 1. The van der Waals surface area contributed by atoms with Crippen LogP contribution in [-0.4, -0.2) is 65.3 Å². The standard InChI is InChI=1S/C44H61N3O8S/c1-7-29-23-42(29,39(53)46-56(54,55)35-16-11-15-28-17-20-45-36(28)35)25-34(49)33-24-44(41(5,6)43(44)18-12-19-43)26-47(33)37(50)32(40(2,3)4)22-30(48)21-31(38(51)52)27-13-9-8-10-14-27/h11,15-17,20,27,29,31-33,45H,7-10,12-14,18-19,21-26H2,1-6H3,(H,46,53)(H,51,52)/t29-,31+,32-,33+,42-,44-/m1/s1. The number of carboxylic acids is 1. The molecule has 2 spiro atoms. The summed E-state index contributed by atoms with van der Waals surface area (Å²) in [5, 5.41) is 10.8. The van der Waals surface area contributed by atoms with Crippen molar-refractivity contribution in [1.29, 1.82) is 0 Å². The third kappa shape index (κ3) is 6.44. The summed E-state index contributed by atoms with van der Waals surface area (Å²) < 4.78 is 29.7. The van der Waals surface area contributed by atoms with Gasteiger partial charge in [0.05, 0.1) is 22.9 Å². The number of fused-ring (bicyclic) bond motifs is 2. The Morgan fingerprint density at radius 3 is 2.23 bits per heavy atom. The molecule has 1 saturated heterocycles. The van der Waals surface area contributed by atoms with Gasteiger partial charge in [0.1, 0.15) is 10.7 Å². The van der Waals surface area contributed by atoms with Crippen LogP contribution < -0.4 is 4.72 Å². The van der Waals surface area contributed by atoms with Crippen LogP contribution >= 0.6 is 0 Å². The van der Waals surface area contributed by atoms with Crippen molar-refractivity contribution in [3.63, 3.8) is 0 Å². The Balaban J connectivity index is 1.15. The molecule has 5 aliphatic rings. The van der Waals surface area contributed by atoms with Crippen molar-refractivity contribution in [3.05, 3.63) is 30.5 Å². The van der Waals surface area contributed by atoms with E-state index in [9.17, 15) is 32.7 Å². The number of H-pyrrole nitrogens is 1. The third-order valence-corrected chi connectivity index (χ3v) is 17.3. The van der Waals surface area contributed by atoms with Gasteiger partial charge >= 0.3 is 5.97 Å². The zero-order valence-electron chi connectivity index (χ0n) is 34.0. The zero-order chi connectivity index (χ0) is 40.6. The van der Waals surface area contributed by atoms with Gasteiger partial charge in [0, 0.05) is 48.7 Å². The quantitative estimate of drug-likeness (QED) is 0.177. The highest BCUT2D eigenvalue weighted by Crippen LogP contribution is 2.88. The summed E-state index contributed by atoms with van der Waals surface area (Å²) in [7, 11) is -4.28. The highest BCUT2D eigenvalue weighted by atomic mass is 32.2. The number of likely N-dealkylation sites (tertiary alicyclic amines) is 1. The number of carbonyl (C=O) groups is 5. The molecule has 0 radical (unpaired) electrons. The smallest absolute Gasteiger partial charge is 0.307 e. The van der Waals surface area contributed by atoms with Gasteiger partial charge < -0.3 is 15.0 Å². The first-order valence-corrected chi connectivity index (χ1v) is 22.4. The van der Waals surface area contributed by atoms with Gasteiger partial charge in [-0.1, -0.05) is 85.8 Å². The Morgan fingerprint density at radius 2 is 1.66 bits per heavy atom. The molecule has 1 aliphatic heterocycles. The topological polar surface area (TPSA) is 171 Å². The number of rotatable bonds is 14. The molecule has 12 heteroatoms. The number of nitrogens with zero attached hydrogens (tertiary/aromatic N) is 1. The lowest BCUT2D eigenvalue weighted by Crippen LogP contribution is -2.48. The van der Waals surface area contributed by atoms with Crippen molar-refractivity contribution in [2.45, 2.75) is 142 Å². The van der Waals surface area contributed by atoms with Crippen molar-refractivity contribution in [2.75, 3.05) is 6.54 Å². The van der Waals surface area contributed by atoms with Crippen LogP contribution in [0.3, 0.4) is 0 Å². The second kappa shape index (κ2) is 14.1. The van der Waals surface area contributed by atoms with Crippen molar-refractivity contribution in [3.8, 4) is 0 Å². The molecule has 56 heavy (non-hydrogen) atoms. The van der Waals surface area contributed by atoms with E-state index in [4.69, 9.17) is 0 Å². The number of sulfonamides is 1. The summed E-state index contributed by atoms with van der Waals surface area (Å²) in [6.07, 6.45) is 10.4. The zero-order valence-corrected chi connectivity index (χ0v) is 34.9. The van der Waals surface area contributed by atoms with E-state index in [1.807, 2.05) is 27.7 Å². The van der Waals surface area contributed by atoms with Crippen LogP contribution in [0.5, 0.6) is 0 Å². The van der Waals surface area contributed by atoms with E-state index in [1.165, 1.54) is 6.07 Å². The molecule has 0 unspecified atom stereocenters. The van der Waals surface area contributed by atoms with Gasteiger partial charge in [-0.15, -0.1) is 0 Å². The molecule has 1 aromatic carbocycles. The fourth-order valence-corrected chi connectivity index (χ4v) is 13.4. The van der Waals surface area contributed by atoms with Crippen LogP contribution in [0.1, 0.15) is 131 Å². The summed E-state index contributed by atoms with van der Waals surface area (Å²) >= 11 is 0. The van der Waals surface area contributed by atoms with Crippen LogP contribution in [0.15, 0.2) is 35.4 Å². The second-order valence-electron chi connectivity index (χ2n) is 19.8. The van der Waals surface area contributed by atoms with Crippen LogP contribution in [0.25, 0.3) is 10.9 Å². The number of Topliss-reactive ketones (excluding diaryl/α,β-unsaturated/α-hetero) is 2. The number of aliphatic carboxylic acids is 1. The van der Waals surface area contributed by atoms with Gasteiger partial charge in [-0.2, -0.15) is 0 Å². The summed E-state index contributed by atoms with van der Waals surface area (Å²) in [5.41, 5.74) is -1.86. The van der Waals surface area contributed by atoms with Gasteiger partial charge in [-0.3, -0.25) is 24.0 Å². The number of aromatic amines is 1. The number of para-hydroxylation sites is 1. The van der Waals surface area contributed by atoms with Crippen molar-refractivity contribution in [2.24, 2.45) is 50.7 Å². The molecule has 11 nitrogen and oxygen atoms in total. The number of amides is 2. The van der Waals surface area contributed by atoms with Gasteiger partial charge in [0.2, 0.25) is 11.8 Å². The van der Waals surface area contributed by atoms with E-state index in [0.29, 0.717) is 36.7 Å². The maximum Gasteiger partial charge on any atom is 0.307 e. The number of carboxylic acid groups (broad SMARTS) is 1. The fourth-order valence-electron chi connectivity index (χ4n) is 12.1. The molecule has 2 heterocycles. The molecule has 4 aliphatic carbocycles. The molecule has 306 valence electrons. The molecule has 3 N–H and O–H groups in total. The molecule has 1 aromatic heterocycles. The first-order valence-electron chi connectivity index (χ1n) is 21.0. The van der Waals surface area contributed by atoms with Gasteiger partial charge in [-0.25, -0.2) is 13.1 Å². The maximum absolute atomic E-state index is 15.0. The Morgan fingerprint density at radius 1 is 0.964 bits per heavy atom. The lowest BCUT2D eigenvalue weighted by Gasteiger charge is -2.36. The predicted octanol–water partition coefficient (Wildman–Crippen LogP) is 7.44. The molecule has 7 rings (SSSR count). The third-order valence-electron chi connectivity index (χ3n) is 16.0. The molecule has 2 aromatic rings. The summed E-state index contributed by atoms with van der Waals surface area (Å²) in [5.74, 6) is -4.22. The lowest BCUT2D eigenvalue weighted by atomic mass is 9.73. The summed E-state index contributed by atoms with van der Waals surface area (Å²) in [4.78, 5) is 74.8. The van der Waals surface area contributed by atoms with Crippen LogP contribution in [0.2, 0.25) is 0 Å². The van der Waals surface area contributed by atoms with Crippen molar-refractivity contribution < 1.29 is 37.5 Å². The summed E-state index contributed by atoms with van der Waals surface area (Å²) in [6.45, 7) is 12.5. The number of aromatic nitrogens is 1. The Kier molecular flexibility index (Phi) is 10.2. The minimum atomic E-state index is -4.28. The average molecular weight is 792 g/mol. The van der Waals surface area contributed by atoms with Crippen molar-refractivity contribution >= 4 is 50.3 Å². The van der Waals surface area contributed by atoms with E-state index in [-0.39, 0.29) is 69.7 Å². The van der Waals surface area contributed by atoms with E-state index >= 15 is 4.79 Å². The first-order chi connectivity index (χ1) is 26.2. The molecule has 6 atom stereocenters. The monoisotopic (exact) mass is 791 g/mol. The molecule has 0 bridgehead atoms. The highest BCUT2D eigenvalue weighted by molar-refractivity contribution is 7.90. The predicted molar refractivity (Wildman–Crippen MR) is 212 cm³/mol. The SMILES string of the molecule is CC[C@@H]1C[C@]1(CC(=O)[C@@H]1C[C@@]2(CN1C(=O)[C@@H](CC(=O)C[C@H](C(=O)O)C1CCCCC1)C(C)(C)C)C(C)(C)C21CCC1)C(=O)NS(=O)(=O)c1cccc2cc[nH]c12. The molecule has 4 saturated carbocycles. The van der Waals surface area contributed by atoms with Gasteiger partial charge in [0.15, 0.2) is 5.78 Å². The fraction of sp³-hybridized carbons (Fsp3) is 0.705. The number of hydrogen-bond donors (Lipinski definition) is 3. The van der Waals surface area contributed by atoms with Crippen LogP contribution in [0, 0.1) is 50.7 Å². The van der Waals surface area contributed by atoms with Crippen LogP contribution in [-0.2, 0) is 34.0 Å². The number of nitrogens with one attached hydrogen (secondary N) is 2. The maximum atomic E-state index is 15.0. The summed E-state index contributed by atoms with van der Waals surface area (Å²) in [6, 6.07) is 5.78. The largest absolute Gasteiger partial charge is 0.481 e. The van der Waals surface area contributed by atoms with Crippen LogP contribution in [0.4, 0.5) is 0 Å². The van der Waals surface area contributed by atoms with Crippen molar-refractivity contribution in [1.82, 2.24) is 14.6 Å². The van der Waals surface area contributed by atoms with E-state index < -0.39 is 50.6 Å². The van der Waals surface area contributed by atoms with E-state index in [2.05, 4.69) is 23.6 Å². The molecule has 2 amide bonds. The average Bonchev–Trinajstić information content (AvgIpc) is 3.63. The Bertz CT molecular complexity index is 2040. The Hall–Kier alpha value is -3.54. The minimum absolute atomic E-state index is 0.0167. The van der Waals surface area contributed by atoms with E-state index in [1.54, 1.807) is 29.3 Å². The number of ketones is 2. The normalized spacial score (nSPS) is 29.1. The minimum Gasteiger partial charge on any atom is -0.481 e. The molecular weight excluding hydrogens is 731 g/mol. The van der Waals surface area contributed by atoms with Gasteiger partial charge in [-0.05, 0) is 78.7 Å².